The van der Waals surface area contributed by atoms with Gasteiger partial charge in [0.1, 0.15) is 17.3 Å². The van der Waals surface area contributed by atoms with Gasteiger partial charge < -0.3 is 8.98 Å². The van der Waals surface area contributed by atoms with E-state index in [1.807, 2.05) is 30.3 Å². The maximum Gasteiger partial charge on any atom is 0.160 e. The quantitative estimate of drug-likeness (QED) is 0.251. The Labute approximate surface area is 225 Å². The Kier molecular flexibility index (Phi) is 3.19. The number of rotatable bonds is 3. The van der Waals surface area contributed by atoms with E-state index in [0.29, 0.717) is 22.2 Å². The van der Waals surface area contributed by atoms with Gasteiger partial charge in [-0.15, -0.1) is 0 Å². The number of hydrogen-bond donors (Lipinski definition) is 0. The standard InChI is InChI=1S/C33H23N3O/c1-20(2)22-16-17-25(27-11-7-8-18-35-27)32-30(22)26-15-14-21(19-34)31(33(26)37-32)36-28-12-5-3-9-23(28)24-10-4-6-13-29(24)36/h3-18,20H,1-2H3/i3D,4D,5D,6D,9D,10D,12D,13D. The average Bonchev–Trinajstić information content (AvgIpc) is 3.61. The van der Waals surface area contributed by atoms with Crippen molar-refractivity contribution in [3.63, 3.8) is 0 Å². The van der Waals surface area contributed by atoms with Crippen LogP contribution in [0.25, 0.3) is 60.7 Å². The van der Waals surface area contributed by atoms with Gasteiger partial charge in [0.25, 0.3) is 0 Å². The van der Waals surface area contributed by atoms with Crippen LogP contribution in [0.3, 0.4) is 0 Å². The lowest BCUT2D eigenvalue weighted by molar-refractivity contribution is 0.666. The van der Waals surface area contributed by atoms with Gasteiger partial charge >= 0.3 is 0 Å². The predicted octanol–water partition coefficient (Wildman–Crippen LogP) is 8.74. The minimum absolute atomic E-state index is 0.0722. The van der Waals surface area contributed by atoms with Crippen molar-refractivity contribution in [1.82, 2.24) is 9.55 Å². The van der Waals surface area contributed by atoms with Crippen molar-refractivity contribution >= 4 is 43.7 Å². The summed E-state index contributed by atoms with van der Waals surface area (Å²) in [5.41, 5.74) is 3.13. The van der Waals surface area contributed by atoms with E-state index in [1.54, 1.807) is 18.3 Å². The number of nitrogens with zero attached hydrogens (tertiary/aromatic N) is 3. The first-order valence-corrected chi connectivity index (χ1v) is 11.8. The number of fused-ring (bicyclic) bond motifs is 6. The fourth-order valence-corrected chi connectivity index (χ4v) is 5.12. The summed E-state index contributed by atoms with van der Waals surface area (Å²) in [5.74, 6) is 0.0811. The van der Waals surface area contributed by atoms with E-state index in [4.69, 9.17) is 15.4 Å². The van der Waals surface area contributed by atoms with Gasteiger partial charge in [-0.05, 0) is 53.9 Å². The van der Waals surface area contributed by atoms with E-state index in [1.165, 1.54) is 4.57 Å². The SMILES string of the molecule is [2H]c1c([2H])c([2H])c2c(c1[2H])c1c([2H])c([2H])c([2H])c([2H])c1n2-c1c(C#N)ccc2c1oc1c(-c3ccccn3)ccc(C(C)C)c12. The summed E-state index contributed by atoms with van der Waals surface area (Å²) < 4.78 is 77.1. The molecule has 0 saturated carbocycles. The van der Waals surface area contributed by atoms with Crippen molar-refractivity contribution in [3.8, 4) is 23.0 Å². The van der Waals surface area contributed by atoms with Crippen LogP contribution in [-0.2, 0) is 0 Å². The fourth-order valence-electron chi connectivity index (χ4n) is 5.12. The van der Waals surface area contributed by atoms with Crippen molar-refractivity contribution in [1.29, 1.82) is 5.26 Å². The van der Waals surface area contributed by atoms with E-state index in [9.17, 15) is 5.26 Å². The smallest absolute Gasteiger partial charge is 0.160 e. The Morgan fingerprint density at radius 2 is 1.59 bits per heavy atom. The molecule has 0 fully saturated rings. The summed E-state index contributed by atoms with van der Waals surface area (Å²) >= 11 is 0. The molecule has 0 unspecified atom stereocenters. The monoisotopic (exact) mass is 485 g/mol. The molecule has 0 aliphatic heterocycles. The number of aromatic nitrogens is 2. The van der Waals surface area contributed by atoms with E-state index in [-0.39, 0.29) is 44.6 Å². The van der Waals surface area contributed by atoms with Crippen LogP contribution >= 0.6 is 0 Å². The molecule has 0 amide bonds. The molecular weight excluding hydrogens is 454 g/mol. The molecule has 0 saturated heterocycles. The summed E-state index contributed by atoms with van der Waals surface area (Å²) in [7, 11) is 0. The van der Waals surface area contributed by atoms with E-state index >= 15 is 0 Å². The fraction of sp³-hybridized carbons (Fsp3) is 0.0909. The molecular formula is C33H23N3O. The lowest BCUT2D eigenvalue weighted by Gasteiger charge is -2.11. The van der Waals surface area contributed by atoms with Crippen LogP contribution in [0.15, 0.2) is 101 Å². The summed E-state index contributed by atoms with van der Waals surface area (Å²) in [6, 6.07) is 11.1. The second-order valence-electron chi connectivity index (χ2n) is 9.11. The topological polar surface area (TPSA) is 54.8 Å². The maximum absolute atomic E-state index is 10.4. The number of para-hydroxylation sites is 2. The Bertz CT molecular complexity index is 2380. The summed E-state index contributed by atoms with van der Waals surface area (Å²) in [6.07, 6.45) is 1.68. The molecule has 0 bridgehead atoms. The van der Waals surface area contributed by atoms with Crippen molar-refractivity contribution in [2.45, 2.75) is 19.8 Å². The summed E-state index contributed by atoms with van der Waals surface area (Å²) in [5, 5.41) is 11.7. The molecule has 0 atom stereocenters. The van der Waals surface area contributed by atoms with Gasteiger partial charge in [0.05, 0.1) is 33.3 Å². The molecule has 37 heavy (non-hydrogen) atoms. The molecule has 7 rings (SSSR count). The molecule has 4 aromatic carbocycles. The van der Waals surface area contributed by atoms with Crippen LogP contribution in [-0.4, -0.2) is 9.55 Å². The largest absolute Gasteiger partial charge is 0.453 e. The molecule has 176 valence electrons. The minimum atomic E-state index is -0.540. The van der Waals surface area contributed by atoms with E-state index in [2.05, 4.69) is 24.9 Å². The van der Waals surface area contributed by atoms with E-state index < -0.39 is 48.3 Å². The molecule has 0 radical (unpaired) electrons. The van der Waals surface area contributed by atoms with Gasteiger partial charge in [0.2, 0.25) is 0 Å². The zero-order chi connectivity index (χ0) is 32.1. The van der Waals surface area contributed by atoms with Crippen LogP contribution in [0.5, 0.6) is 0 Å². The van der Waals surface area contributed by atoms with Gasteiger partial charge in [-0.25, -0.2) is 0 Å². The Hall–Kier alpha value is -4.88. The first-order chi connectivity index (χ1) is 21.5. The van der Waals surface area contributed by atoms with Gasteiger partial charge in [-0.3, -0.25) is 4.98 Å². The Morgan fingerprint density at radius 1 is 0.865 bits per heavy atom. The van der Waals surface area contributed by atoms with Crippen LogP contribution in [0.1, 0.15) is 41.9 Å². The van der Waals surface area contributed by atoms with Crippen LogP contribution in [0.2, 0.25) is 0 Å². The second kappa shape index (κ2) is 8.08. The van der Waals surface area contributed by atoms with Crippen molar-refractivity contribution < 1.29 is 15.4 Å². The molecule has 4 heteroatoms. The first-order valence-electron chi connectivity index (χ1n) is 15.8. The van der Waals surface area contributed by atoms with Gasteiger partial charge in [0, 0.05) is 33.3 Å². The molecule has 0 aliphatic rings. The molecule has 0 N–H and O–H groups in total. The molecule has 7 aromatic rings. The third-order valence-electron chi connectivity index (χ3n) is 6.73. The summed E-state index contributed by atoms with van der Waals surface area (Å²) in [4.78, 5) is 4.52. The number of furan rings is 1. The lowest BCUT2D eigenvalue weighted by Crippen LogP contribution is -1.98. The lowest BCUT2D eigenvalue weighted by atomic mass is 9.94. The first kappa shape index (κ1) is 14.6. The molecule has 0 aliphatic carbocycles. The Morgan fingerprint density at radius 3 is 2.24 bits per heavy atom. The highest BCUT2D eigenvalue weighted by atomic mass is 16.3. The highest BCUT2D eigenvalue weighted by Gasteiger charge is 2.24. The third kappa shape index (κ3) is 3.04. The number of pyridine rings is 1. The number of nitriles is 1. The molecule has 4 nitrogen and oxygen atoms in total. The van der Waals surface area contributed by atoms with Crippen LogP contribution in [0, 0.1) is 11.3 Å². The normalized spacial score (nSPS) is 14.8. The van der Waals surface area contributed by atoms with Crippen molar-refractivity contribution in [2.24, 2.45) is 0 Å². The molecule has 0 spiro atoms. The maximum atomic E-state index is 10.4. The minimum Gasteiger partial charge on any atom is -0.453 e. The van der Waals surface area contributed by atoms with Crippen molar-refractivity contribution in [2.75, 3.05) is 0 Å². The zero-order valence-electron chi connectivity index (χ0n) is 27.9. The van der Waals surface area contributed by atoms with Crippen LogP contribution < -0.4 is 0 Å². The second-order valence-corrected chi connectivity index (χ2v) is 9.11. The van der Waals surface area contributed by atoms with Gasteiger partial charge in [-0.1, -0.05) is 62.2 Å². The highest BCUT2D eigenvalue weighted by molar-refractivity contribution is 6.16. The predicted molar refractivity (Wildman–Crippen MR) is 150 cm³/mol. The zero-order valence-corrected chi connectivity index (χ0v) is 19.9. The third-order valence-corrected chi connectivity index (χ3v) is 6.73. The van der Waals surface area contributed by atoms with Gasteiger partial charge in [0.15, 0.2) is 5.58 Å². The van der Waals surface area contributed by atoms with E-state index in [0.717, 1.165) is 10.9 Å². The summed E-state index contributed by atoms with van der Waals surface area (Å²) in [6.45, 7) is 4.11. The van der Waals surface area contributed by atoms with Gasteiger partial charge in [-0.2, -0.15) is 5.26 Å². The van der Waals surface area contributed by atoms with Crippen LogP contribution in [0.4, 0.5) is 0 Å². The number of hydrogen-bond acceptors (Lipinski definition) is 3. The Balaban J connectivity index is 1.79. The van der Waals surface area contributed by atoms with Crippen molar-refractivity contribution in [3.05, 3.63) is 108 Å². The average molecular weight is 486 g/mol. The molecule has 3 aromatic heterocycles. The number of benzene rings is 4. The molecule has 3 heterocycles. The highest BCUT2D eigenvalue weighted by Crippen LogP contribution is 2.44.